The van der Waals surface area contributed by atoms with Gasteiger partial charge >= 0.3 is 0 Å². The van der Waals surface area contributed by atoms with Crippen LogP contribution in [0.4, 0.5) is 5.69 Å². The van der Waals surface area contributed by atoms with Crippen molar-refractivity contribution in [2.24, 2.45) is 5.92 Å². The summed E-state index contributed by atoms with van der Waals surface area (Å²) < 4.78 is 0. The summed E-state index contributed by atoms with van der Waals surface area (Å²) in [6.45, 7) is 5.60. The van der Waals surface area contributed by atoms with Crippen LogP contribution < -0.4 is 10.6 Å². The molecule has 0 aliphatic heterocycles. The zero-order valence-corrected chi connectivity index (χ0v) is 18.0. The van der Waals surface area contributed by atoms with Crippen molar-refractivity contribution in [2.75, 3.05) is 19.4 Å². The lowest BCUT2D eigenvalue weighted by molar-refractivity contribution is -0.118. The Balaban J connectivity index is 2.19. The number of hydrogen-bond donors (Lipinski definition) is 2. The number of amides is 3. The number of carbonyl (C=O) groups is 3. The van der Waals surface area contributed by atoms with Gasteiger partial charge in [0.1, 0.15) is 6.04 Å². The zero-order chi connectivity index (χ0) is 21.7. The second kappa shape index (κ2) is 9.56. The normalized spacial score (nSPS) is 11.7. The highest BCUT2D eigenvalue weighted by molar-refractivity contribution is 6.34. The number of halogens is 1. The third-order valence-corrected chi connectivity index (χ3v) is 4.72. The number of benzene rings is 2. The van der Waals surface area contributed by atoms with E-state index in [9.17, 15) is 14.4 Å². The molecule has 0 aromatic heterocycles. The third kappa shape index (κ3) is 5.81. The Morgan fingerprint density at radius 2 is 1.72 bits per heavy atom. The van der Waals surface area contributed by atoms with Gasteiger partial charge in [-0.2, -0.15) is 0 Å². The smallest absolute Gasteiger partial charge is 0.254 e. The molecule has 0 heterocycles. The van der Waals surface area contributed by atoms with Crippen LogP contribution in [0.15, 0.2) is 42.5 Å². The fourth-order valence-corrected chi connectivity index (χ4v) is 2.97. The maximum Gasteiger partial charge on any atom is 0.254 e. The summed E-state index contributed by atoms with van der Waals surface area (Å²) >= 11 is 6.12. The van der Waals surface area contributed by atoms with Gasteiger partial charge < -0.3 is 15.5 Å². The number of anilines is 1. The topological polar surface area (TPSA) is 78.5 Å². The lowest BCUT2D eigenvalue weighted by atomic mass is 10.0. The van der Waals surface area contributed by atoms with Gasteiger partial charge in [-0.3, -0.25) is 14.4 Å². The van der Waals surface area contributed by atoms with E-state index in [2.05, 4.69) is 10.6 Å². The number of rotatable bonds is 6. The molecule has 0 fully saturated rings. The summed E-state index contributed by atoms with van der Waals surface area (Å²) in [5.41, 5.74) is 2.18. The maximum atomic E-state index is 12.8. The van der Waals surface area contributed by atoms with Crippen molar-refractivity contribution in [3.63, 3.8) is 0 Å². The fourth-order valence-electron chi connectivity index (χ4n) is 2.77. The van der Waals surface area contributed by atoms with Gasteiger partial charge in [-0.05, 0) is 43.2 Å². The van der Waals surface area contributed by atoms with Gasteiger partial charge in [0.25, 0.3) is 11.8 Å². The molecule has 0 saturated heterocycles. The average molecular weight is 416 g/mol. The number of nitrogens with one attached hydrogen (secondary N) is 2. The Bertz CT molecular complexity index is 925. The van der Waals surface area contributed by atoms with Crippen molar-refractivity contribution in [1.29, 1.82) is 0 Å². The van der Waals surface area contributed by atoms with Crippen LogP contribution in [0.2, 0.25) is 5.02 Å². The Kier molecular flexibility index (Phi) is 7.40. The molecule has 0 aliphatic carbocycles. The molecule has 0 radical (unpaired) electrons. The van der Waals surface area contributed by atoms with Crippen molar-refractivity contribution >= 4 is 35.0 Å². The molecular formula is C22H26ClN3O3. The monoisotopic (exact) mass is 415 g/mol. The first-order valence-electron chi connectivity index (χ1n) is 9.29. The molecule has 0 spiro atoms. The second-order valence-electron chi connectivity index (χ2n) is 7.45. The molecule has 3 amide bonds. The highest BCUT2D eigenvalue weighted by Crippen LogP contribution is 2.22. The molecule has 1 unspecified atom stereocenters. The predicted molar refractivity (Wildman–Crippen MR) is 115 cm³/mol. The van der Waals surface area contributed by atoms with Gasteiger partial charge in [0, 0.05) is 25.3 Å². The molecule has 154 valence electrons. The molecule has 7 heteroatoms. The second-order valence-corrected chi connectivity index (χ2v) is 7.86. The van der Waals surface area contributed by atoms with E-state index in [-0.39, 0.29) is 23.6 Å². The molecule has 2 aromatic carbocycles. The molecule has 2 aromatic rings. The Hall–Kier alpha value is -2.86. The third-order valence-electron chi connectivity index (χ3n) is 4.39. The number of hydrogen-bond acceptors (Lipinski definition) is 3. The van der Waals surface area contributed by atoms with Crippen molar-refractivity contribution in [1.82, 2.24) is 10.2 Å². The lowest BCUT2D eigenvalue weighted by Gasteiger charge is -2.22. The average Bonchev–Trinajstić information content (AvgIpc) is 2.66. The minimum atomic E-state index is -0.744. The van der Waals surface area contributed by atoms with Gasteiger partial charge in [0.15, 0.2) is 0 Å². The lowest BCUT2D eigenvalue weighted by Crippen LogP contribution is -2.47. The van der Waals surface area contributed by atoms with Crippen LogP contribution in [0.25, 0.3) is 0 Å². The van der Waals surface area contributed by atoms with Crippen LogP contribution in [0.5, 0.6) is 0 Å². The summed E-state index contributed by atoms with van der Waals surface area (Å²) in [5, 5.41) is 5.87. The molecule has 0 bridgehead atoms. The van der Waals surface area contributed by atoms with Gasteiger partial charge in [0.05, 0.1) is 10.6 Å². The summed E-state index contributed by atoms with van der Waals surface area (Å²) in [6.07, 6.45) is 0. The van der Waals surface area contributed by atoms with Crippen molar-refractivity contribution < 1.29 is 14.4 Å². The van der Waals surface area contributed by atoms with E-state index in [4.69, 9.17) is 11.6 Å². The molecule has 1 atom stereocenters. The molecule has 29 heavy (non-hydrogen) atoms. The maximum absolute atomic E-state index is 12.8. The van der Waals surface area contributed by atoms with E-state index in [0.717, 1.165) is 5.56 Å². The van der Waals surface area contributed by atoms with Crippen LogP contribution in [0.1, 0.15) is 40.1 Å². The Labute approximate surface area is 176 Å². The molecule has 6 nitrogen and oxygen atoms in total. The molecule has 0 aliphatic rings. The van der Waals surface area contributed by atoms with E-state index in [1.165, 1.54) is 11.0 Å². The summed E-state index contributed by atoms with van der Waals surface area (Å²) in [7, 11) is 3.25. The minimum absolute atomic E-state index is 0.140. The van der Waals surface area contributed by atoms with Crippen molar-refractivity contribution in [2.45, 2.75) is 26.8 Å². The number of nitrogens with zero attached hydrogens (tertiary/aromatic N) is 1. The van der Waals surface area contributed by atoms with Crippen LogP contribution >= 0.6 is 11.6 Å². The Morgan fingerprint density at radius 1 is 1.03 bits per heavy atom. The predicted octanol–water partition coefficient (Wildman–Crippen LogP) is 3.74. The van der Waals surface area contributed by atoms with Crippen LogP contribution in [0.3, 0.4) is 0 Å². The largest absolute Gasteiger partial charge is 0.345 e. The van der Waals surface area contributed by atoms with E-state index in [1.54, 1.807) is 44.4 Å². The zero-order valence-electron chi connectivity index (χ0n) is 17.2. The molecular weight excluding hydrogens is 390 g/mol. The molecule has 2 rings (SSSR count). The first-order chi connectivity index (χ1) is 13.6. The van der Waals surface area contributed by atoms with E-state index in [0.29, 0.717) is 21.8 Å². The van der Waals surface area contributed by atoms with Crippen LogP contribution in [-0.2, 0) is 4.79 Å². The summed E-state index contributed by atoms with van der Waals surface area (Å²) in [5.74, 6) is -1.09. The van der Waals surface area contributed by atoms with Gasteiger partial charge in [-0.1, -0.05) is 43.1 Å². The van der Waals surface area contributed by atoms with Crippen LogP contribution in [0, 0.1) is 12.8 Å². The fraction of sp³-hybridized carbons (Fsp3) is 0.318. The Morgan fingerprint density at radius 3 is 2.31 bits per heavy atom. The minimum Gasteiger partial charge on any atom is -0.345 e. The van der Waals surface area contributed by atoms with E-state index < -0.39 is 6.04 Å². The van der Waals surface area contributed by atoms with E-state index in [1.807, 2.05) is 26.8 Å². The summed E-state index contributed by atoms with van der Waals surface area (Å²) in [6, 6.07) is 11.1. The molecule has 0 saturated carbocycles. The SMILES string of the molecule is Cc1cccc(C(=O)NC(C(=O)Nc2ccc(Cl)c(C(=O)N(C)C)c2)C(C)C)c1. The highest BCUT2D eigenvalue weighted by Gasteiger charge is 2.25. The van der Waals surface area contributed by atoms with Gasteiger partial charge in [0.2, 0.25) is 5.91 Å². The first kappa shape index (κ1) is 22.4. The standard InChI is InChI=1S/C22H26ClN3O3/c1-13(2)19(25-20(27)15-8-6-7-14(3)11-15)21(28)24-16-9-10-18(23)17(12-16)22(29)26(4)5/h6-13,19H,1-5H3,(H,24,28)(H,25,27). The van der Waals surface area contributed by atoms with Crippen molar-refractivity contribution in [3.05, 3.63) is 64.2 Å². The van der Waals surface area contributed by atoms with Gasteiger partial charge in [-0.15, -0.1) is 0 Å². The quantitative estimate of drug-likeness (QED) is 0.754. The highest BCUT2D eigenvalue weighted by atomic mass is 35.5. The molecule has 2 N–H and O–H groups in total. The number of aryl methyl sites for hydroxylation is 1. The van der Waals surface area contributed by atoms with Gasteiger partial charge in [-0.25, -0.2) is 0 Å². The number of carbonyl (C=O) groups excluding carboxylic acids is 3. The summed E-state index contributed by atoms with van der Waals surface area (Å²) in [4.78, 5) is 39.1. The van der Waals surface area contributed by atoms with Crippen molar-refractivity contribution in [3.8, 4) is 0 Å². The first-order valence-corrected chi connectivity index (χ1v) is 9.67. The van der Waals surface area contributed by atoms with Crippen LogP contribution in [-0.4, -0.2) is 42.8 Å². The van der Waals surface area contributed by atoms with E-state index >= 15 is 0 Å².